The first-order chi connectivity index (χ1) is 1.73. The molecule has 0 aromatic carbocycles. The molecule has 5 heavy (non-hydrogen) atoms. The van der Waals surface area contributed by atoms with Crippen LogP contribution in [-0.2, 0) is 21.5 Å². The zero-order valence-corrected chi connectivity index (χ0v) is 4.05. The summed E-state index contributed by atoms with van der Waals surface area (Å²) < 4.78 is 8.74. The summed E-state index contributed by atoms with van der Waals surface area (Å²) in [7, 11) is -3.13. The Kier molecular flexibility index (Phi) is 7.39. The minimum absolute atomic E-state index is 0. The Bertz CT molecular complexity index is 29.9. The van der Waals surface area contributed by atoms with Gasteiger partial charge in [-0.2, -0.15) is 0 Å². The van der Waals surface area contributed by atoms with Gasteiger partial charge in [0.1, 0.15) is 0 Å². The third-order valence-corrected chi connectivity index (χ3v) is 0. The molecule has 0 saturated carbocycles. The standard InChI is InChI=1S/Cu.H2O3Si/c;1-4(2)3/h;1-2H. The molecular formula is H2CuO3Si. The summed E-state index contributed by atoms with van der Waals surface area (Å²) in [5.74, 6) is 0. The van der Waals surface area contributed by atoms with Gasteiger partial charge in [-0.25, -0.2) is 0 Å². The first kappa shape index (κ1) is 8.93. The van der Waals surface area contributed by atoms with Crippen LogP contribution >= 0.6 is 0 Å². The van der Waals surface area contributed by atoms with E-state index in [1.807, 2.05) is 0 Å². The third-order valence-electron chi connectivity index (χ3n) is 0. The maximum absolute atomic E-state index is 8.74. The van der Waals surface area contributed by atoms with Crippen LogP contribution in [-0.4, -0.2) is 18.8 Å². The Morgan fingerprint density at radius 1 is 1.40 bits per heavy atom. The van der Waals surface area contributed by atoms with Crippen LogP contribution in [0.25, 0.3) is 0 Å². The Labute approximate surface area is 41.0 Å². The van der Waals surface area contributed by atoms with Gasteiger partial charge in [0.05, 0.1) is 0 Å². The van der Waals surface area contributed by atoms with Crippen LogP contribution in [0, 0.1) is 0 Å². The van der Waals surface area contributed by atoms with Crippen molar-refractivity contribution in [2.24, 2.45) is 0 Å². The maximum Gasteiger partial charge on any atom is 0.761 e. The summed E-state index contributed by atoms with van der Waals surface area (Å²) >= 11 is 0. The molecule has 2 N–H and O–H groups in total. The summed E-state index contributed by atoms with van der Waals surface area (Å²) in [4.78, 5) is 14.3. The van der Waals surface area contributed by atoms with E-state index in [4.69, 9.17) is 14.1 Å². The fraction of sp³-hybridized carbons (Fsp3) is 0. The number of hydrogen-bond donors (Lipinski definition) is 2. The molecule has 0 heterocycles. The molecule has 3 nitrogen and oxygen atoms in total. The second kappa shape index (κ2) is 4.14. The largest absolute Gasteiger partial charge is 0.761 e. The second-order valence-electron chi connectivity index (χ2n) is 0.283. The SMILES string of the molecule is O=[Si](O)O.[Cu]. The minimum Gasteiger partial charge on any atom is -0.511 e. The average molecular weight is 142 g/mol. The molecule has 0 aliphatic rings. The molecule has 35 valence electrons. The number of rotatable bonds is 0. The fourth-order valence-electron chi connectivity index (χ4n) is 0. The van der Waals surface area contributed by atoms with Gasteiger partial charge in [0.2, 0.25) is 0 Å². The normalized spacial score (nSPS) is 4.80. The van der Waals surface area contributed by atoms with E-state index in [2.05, 4.69) is 0 Å². The van der Waals surface area contributed by atoms with Gasteiger partial charge in [-0.1, -0.05) is 0 Å². The molecule has 1 radical (unpaired) electrons. The summed E-state index contributed by atoms with van der Waals surface area (Å²) in [6, 6.07) is 0. The molecule has 0 aliphatic heterocycles. The van der Waals surface area contributed by atoms with Crippen molar-refractivity contribution in [2.75, 3.05) is 0 Å². The maximum atomic E-state index is 8.74. The van der Waals surface area contributed by atoms with Crippen molar-refractivity contribution in [3.05, 3.63) is 0 Å². The van der Waals surface area contributed by atoms with Gasteiger partial charge in [-0.15, -0.1) is 0 Å². The zero-order valence-electron chi connectivity index (χ0n) is 2.10. The summed E-state index contributed by atoms with van der Waals surface area (Å²) in [5.41, 5.74) is 0. The summed E-state index contributed by atoms with van der Waals surface area (Å²) in [6.07, 6.45) is 0. The Balaban J connectivity index is 0. The Morgan fingerprint density at radius 2 is 1.40 bits per heavy atom. The van der Waals surface area contributed by atoms with E-state index in [0.717, 1.165) is 0 Å². The molecule has 0 aliphatic carbocycles. The van der Waals surface area contributed by atoms with E-state index in [1.54, 1.807) is 0 Å². The van der Waals surface area contributed by atoms with Crippen molar-refractivity contribution >= 4 is 9.17 Å². The predicted octanol–water partition coefficient (Wildman–Crippen LogP) is -1.62. The fourth-order valence-corrected chi connectivity index (χ4v) is 0. The van der Waals surface area contributed by atoms with Gasteiger partial charge in [-0.05, 0) is 0 Å². The monoisotopic (exact) mass is 141 g/mol. The quantitative estimate of drug-likeness (QED) is 0.399. The van der Waals surface area contributed by atoms with E-state index in [1.165, 1.54) is 0 Å². The van der Waals surface area contributed by atoms with Crippen molar-refractivity contribution in [3.8, 4) is 0 Å². The van der Waals surface area contributed by atoms with Crippen LogP contribution in [0.4, 0.5) is 0 Å². The molecular weight excluding hydrogens is 140 g/mol. The van der Waals surface area contributed by atoms with Crippen LogP contribution in [0.2, 0.25) is 0 Å². The van der Waals surface area contributed by atoms with Crippen molar-refractivity contribution in [3.63, 3.8) is 0 Å². The van der Waals surface area contributed by atoms with Crippen LogP contribution in [0.15, 0.2) is 0 Å². The minimum atomic E-state index is -3.13. The summed E-state index contributed by atoms with van der Waals surface area (Å²) in [6.45, 7) is 0. The van der Waals surface area contributed by atoms with Crippen molar-refractivity contribution in [1.82, 2.24) is 0 Å². The Hall–Kier alpha value is 0.136. The van der Waals surface area contributed by atoms with Crippen LogP contribution in [0.5, 0.6) is 0 Å². The Morgan fingerprint density at radius 3 is 1.40 bits per heavy atom. The van der Waals surface area contributed by atoms with Crippen molar-refractivity contribution < 1.29 is 31.1 Å². The number of hydrogen-bond acceptors (Lipinski definition) is 1. The first-order valence-electron chi connectivity index (χ1n) is 0.651. The van der Waals surface area contributed by atoms with Gasteiger partial charge in [0.15, 0.2) is 0 Å². The molecule has 0 aromatic heterocycles. The zero-order chi connectivity index (χ0) is 3.58. The molecule has 0 amide bonds. The predicted molar refractivity (Wildman–Crippen MR) is 10.9 cm³/mol. The van der Waals surface area contributed by atoms with Gasteiger partial charge in [-0.3, -0.25) is 4.46 Å². The molecule has 0 spiro atoms. The first-order valence-corrected chi connectivity index (χ1v) is 1.95. The molecule has 0 bridgehead atoms. The topological polar surface area (TPSA) is 57.5 Å². The van der Waals surface area contributed by atoms with Gasteiger partial charge in [0, 0.05) is 17.1 Å². The van der Waals surface area contributed by atoms with E-state index < -0.39 is 9.17 Å². The smallest absolute Gasteiger partial charge is 0.511 e. The van der Waals surface area contributed by atoms with E-state index in [0.29, 0.717) is 0 Å². The van der Waals surface area contributed by atoms with E-state index >= 15 is 0 Å². The van der Waals surface area contributed by atoms with Gasteiger partial charge in [0.25, 0.3) is 0 Å². The van der Waals surface area contributed by atoms with Crippen molar-refractivity contribution in [2.45, 2.75) is 0 Å². The van der Waals surface area contributed by atoms with E-state index in [9.17, 15) is 0 Å². The molecule has 0 fully saturated rings. The molecule has 0 saturated heterocycles. The molecule has 5 heteroatoms. The average Bonchev–Trinajstić information content (AvgIpc) is 0.811. The van der Waals surface area contributed by atoms with Gasteiger partial charge >= 0.3 is 9.17 Å². The third kappa shape index (κ3) is 1020. The molecule has 0 unspecified atom stereocenters. The molecule has 0 aromatic rings. The second-order valence-corrected chi connectivity index (χ2v) is 0.848. The van der Waals surface area contributed by atoms with Crippen molar-refractivity contribution in [1.29, 1.82) is 0 Å². The summed E-state index contributed by atoms with van der Waals surface area (Å²) in [5, 5.41) is 0. The van der Waals surface area contributed by atoms with Crippen LogP contribution in [0.3, 0.4) is 0 Å². The van der Waals surface area contributed by atoms with Crippen LogP contribution < -0.4 is 0 Å². The van der Waals surface area contributed by atoms with E-state index in [-0.39, 0.29) is 17.1 Å². The van der Waals surface area contributed by atoms with Gasteiger partial charge < -0.3 is 9.59 Å². The molecule has 0 atom stereocenters. The van der Waals surface area contributed by atoms with Crippen LogP contribution in [0.1, 0.15) is 0 Å². The molecule has 0 rings (SSSR count).